The third kappa shape index (κ3) is 12.4. The fourth-order valence-electron chi connectivity index (χ4n) is 4.57. The number of oxime groups is 3. The molecule has 1 aliphatic rings. The topological polar surface area (TPSA) is 343 Å². The van der Waals surface area contributed by atoms with E-state index in [0.29, 0.717) is 23.6 Å². The van der Waals surface area contributed by atoms with E-state index in [1.165, 1.54) is 0 Å². The highest BCUT2D eigenvalue weighted by Gasteiger charge is 2.42. The van der Waals surface area contributed by atoms with Crippen molar-refractivity contribution in [3.8, 4) is 11.1 Å². The van der Waals surface area contributed by atoms with Crippen molar-refractivity contribution in [2.75, 3.05) is 39.6 Å². The predicted octanol–water partition coefficient (Wildman–Crippen LogP) is 2.83. The van der Waals surface area contributed by atoms with Crippen molar-refractivity contribution >= 4 is 63.8 Å². The number of esters is 4. The molecule has 0 saturated heterocycles. The summed E-state index contributed by atoms with van der Waals surface area (Å²) in [6.45, 7) is 3.11. The molecule has 26 heteroatoms. The van der Waals surface area contributed by atoms with Gasteiger partial charge in [0.05, 0.1) is 60.8 Å². The van der Waals surface area contributed by atoms with Gasteiger partial charge in [-0.3, -0.25) is 45.3 Å². The average molecular weight is 806 g/mol. The maximum atomic E-state index is 13.1. The molecule has 57 heavy (non-hydrogen) atoms. The largest absolute Gasteiger partial charge is 0.462 e. The first-order chi connectivity index (χ1) is 26.9. The quantitative estimate of drug-likeness (QED) is 0.0373. The molecule has 1 unspecified atom stereocenters. The van der Waals surface area contributed by atoms with E-state index < -0.39 is 146 Å². The van der Waals surface area contributed by atoms with Gasteiger partial charge in [-0.05, 0) is 27.7 Å². The lowest BCUT2D eigenvalue weighted by atomic mass is 10.0. The molecular weight excluding hydrogens is 774 g/mol. The van der Waals surface area contributed by atoms with E-state index in [4.69, 9.17) is 33.5 Å². The molecule has 1 aliphatic carbocycles. The Labute approximate surface area is 318 Å². The second kappa shape index (κ2) is 20.1. The van der Waals surface area contributed by atoms with Crippen LogP contribution < -0.4 is 0 Å². The maximum Gasteiger partial charge on any atom is 0.350 e. The third-order valence-corrected chi connectivity index (χ3v) is 6.73. The summed E-state index contributed by atoms with van der Waals surface area (Å²) in [6, 6.07) is 2.48. The van der Waals surface area contributed by atoms with Gasteiger partial charge in [0.25, 0.3) is 22.7 Å². The van der Waals surface area contributed by atoms with Crippen LogP contribution in [0.5, 0.6) is 0 Å². The van der Waals surface area contributed by atoms with E-state index in [2.05, 4.69) is 15.5 Å². The van der Waals surface area contributed by atoms with Gasteiger partial charge in [0.1, 0.15) is 32.1 Å². The van der Waals surface area contributed by atoms with Crippen molar-refractivity contribution in [1.29, 1.82) is 0 Å². The molecule has 0 fully saturated rings. The van der Waals surface area contributed by atoms with Crippen molar-refractivity contribution < 1.29 is 72.3 Å². The Morgan fingerprint density at radius 1 is 0.596 bits per heavy atom. The summed E-state index contributed by atoms with van der Waals surface area (Å²) in [5.74, 6) is -4.31. The van der Waals surface area contributed by atoms with Crippen LogP contribution in [0.3, 0.4) is 0 Å². The van der Waals surface area contributed by atoms with Gasteiger partial charge >= 0.3 is 23.9 Å². The normalized spacial score (nSPS) is 11.3. The predicted molar refractivity (Wildman–Crippen MR) is 187 cm³/mol. The molecule has 3 rings (SSSR count). The number of hydrogen-bond donors (Lipinski definition) is 0. The van der Waals surface area contributed by atoms with Crippen LogP contribution in [0.15, 0.2) is 39.7 Å². The third-order valence-electron chi connectivity index (χ3n) is 6.73. The van der Waals surface area contributed by atoms with Gasteiger partial charge in [-0.2, -0.15) is 0 Å². The molecule has 2 aromatic carbocycles. The van der Waals surface area contributed by atoms with Gasteiger partial charge in [0.2, 0.25) is 19.3 Å². The Bertz CT molecular complexity index is 1970. The lowest BCUT2D eigenvalue weighted by Crippen LogP contribution is -2.30. The molecule has 0 heterocycles. The number of carbonyl (C=O) groups is 4. The van der Waals surface area contributed by atoms with Gasteiger partial charge in [-0.25, -0.2) is 14.4 Å². The number of fused-ring (bicyclic) bond motifs is 3. The molecule has 304 valence electrons. The van der Waals surface area contributed by atoms with Crippen LogP contribution in [-0.4, -0.2) is 106 Å². The van der Waals surface area contributed by atoms with Crippen LogP contribution in [0.4, 0.5) is 22.7 Å². The first-order valence-corrected chi connectivity index (χ1v) is 16.0. The number of hydrogen-bond acceptors (Lipinski definition) is 22. The van der Waals surface area contributed by atoms with Crippen molar-refractivity contribution in [3.63, 3.8) is 0 Å². The Kier molecular flexibility index (Phi) is 15.4. The summed E-state index contributed by atoms with van der Waals surface area (Å²) in [5.41, 5.74) is -5.73. The molecule has 0 bridgehead atoms. The number of non-ortho nitro benzene ring substituents is 2. The van der Waals surface area contributed by atoms with E-state index in [0.717, 1.165) is 12.1 Å². The molecule has 1 atom stereocenters. The molecular formula is C31H31N7O19. The fourth-order valence-corrected chi connectivity index (χ4v) is 4.57. The van der Waals surface area contributed by atoms with Crippen molar-refractivity contribution in [2.24, 2.45) is 15.5 Å². The highest BCUT2D eigenvalue weighted by Crippen LogP contribution is 2.50. The smallest absolute Gasteiger partial charge is 0.350 e. The second-order valence-corrected chi connectivity index (χ2v) is 11.5. The molecule has 0 N–H and O–H groups in total. The van der Waals surface area contributed by atoms with Crippen molar-refractivity contribution in [1.82, 2.24) is 0 Å². The average Bonchev–Trinajstić information content (AvgIpc) is 3.45. The number of nitro benzene ring substituents is 4. The number of carbonyl (C=O) groups excluding carboxylic acids is 4. The van der Waals surface area contributed by atoms with Gasteiger partial charge in [0, 0.05) is 23.3 Å². The van der Waals surface area contributed by atoms with E-state index in [9.17, 15) is 59.6 Å². The van der Waals surface area contributed by atoms with Crippen molar-refractivity contribution in [3.05, 3.63) is 75.8 Å². The molecule has 0 aliphatic heterocycles. The summed E-state index contributed by atoms with van der Waals surface area (Å²) < 4.78 is 19.7. The van der Waals surface area contributed by atoms with E-state index >= 15 is 0 Å². The molecule has 0 spiro atoms. The van der Waals surface area contributed by atoms with E-state index in [-0.39, 0.29) is 0 Å². The van der Waals surface area contributed by atoms with Crippen LogP contribution in [0, 0.1) is 40.5 Å². The zero-order valence-corrected chi connectivity index (χ0v) is 30.2. The second-order valence-electron chi connectivity index (χ2n) is 11.5. The summed E-state index contributed by atoms with van der Waals surface area (Å²) in [5, 5.41) is 58.5. The standard InChI is InChI=1S/C31H31N7O19/c1-16(2)32-55-14-26(40)52-6-5-51-25(39)13-24(31(42)54-8-7-53-27(41)15-56-33-17(3)4)57-34-30-20-9-18(35(43)44)11-22(37(47)48)28(20)29-21(30)10-19(36(45)46)12-23(29)38(49)50/h9-12,24H,5-8,13-15H2,1-4H3. The molecule has 2 aromatic rings. The first-order valence-electron chi connectivity index (χ1n) is 16.0. The van der Waals surface area contributed by atoms with Gasteiger partial charge in [-0.1, -0.05) is 15.5 Å². The monoisotopic (exact) mass is 805 g/mol. The summed E-state index contributed by atoms with van der Waals surface area (Å²) >= 11 is 0. The van der Waals surface area contributed by atoms with Gasteiger partial charge in [0.15, 0.2) is 0 Å². The SMILES string of the molecule is CC(C)=NOCC(=O)OCCOC(=O)CC(ON=C1c2cc([N+](=O)[O-])cc([N+](=O)[O-])c2-c2c1cc([N+](=O)[O-])cc2[N+](=O)[O-])C(=O)OCCOC(=O)CON=C(C)C. The highest BCUT2D eigenvalue weighted by atomic mass is 16.7. The zero-order chi connectivity index (χ0) is 42.4. The Balaban J connectivity index is 1.96. The Hall–Kier alpha value is -7.67. The van der Waals surface area contributed by atoms with Gasteiger partial charge < -0.3 is 33.5 Å². The highest BCUT2D eigenvalue weighted by molar-refractivity contribution is 6.27. The fraction of sp³-hybridized carbons (Fsp3) is 0.387. The summed E-state index contributed by atoms with van der Waals surface area (Å²) in [7, 11) is 0. The number of nitro groups is 4. The number of rotatable bonds is 21. The Morgan fingerprint density at radius 2 is 1.00 bits per heavy atom. The zero-order valence-electron chi connectivity index (χ0n) is 30.2. The lowest BCUT2D eigenvalue weighted by Gasteiger charge is -2.15. The lowest BCUT2D eigenvalue weighted by molar-refractivity contribution is -0.395. The van der Waals surface area contributed by atoms with Crippen LogP contribution in [0.1, 0.15) is 45.2 Å². The first kappa shape index (κ1) is 43.7. The number of nitrogens with zero attached hydrogens (tertiary/aromatic N) is 7. The summed E-state index contributed by atoms with van der Waals surface area (Å²) in [4.78, 5) is 108. The molecule has 0 saturated carbocycles. The molecule has 0 aromatic heterocycles. The molecule has 0 radical (unpaired) electrons. The van der Waals surface area contributed by atoms with Crippen molar-refractivity contribution in [2.45, 2.75) is 40.2 Å². The van der Waals surface area contributed by atoms with Crippen LogP contribution >= 0.6 is 0 Å². The van der Waals surface area contributed by atoms with Crippen LogP contribution in [0.2, 0.25) is 0 Å². The van der Waals surface area contributed by atoms with E-state index in [1.807, 2.05) is 0 Å². The number of ether oxygens (including phenoxy) is 4. The van der Waals surface area contributed by atoms with E-state index in [1.54, 1.807) is 27.7 Å². The maximum absolute atomic E-state index is 13.1. The Morgan fingerprint density at radius 3 is 1.39 bits per heavy atom. The van der Waals surface area contributed by atoms with Gasteiger partial charge in [-0.15, -0.1) is 0 Å². The minimum absolute atomic E-state index is 0.470. The summed E-state index contributed by atoms with van der Waals surface area (Å²) in [6.07, 6.45) is -3.09. The molecule has 26 nitrogen and oxygen atoms in total. The molecule has 0 amide bonds. The minimum atomic E-state index is -2.08. The van der Waals surface area contributed by atoms with Crippen LogP contribution in [-0.2, 0) is 52.6 Å². The number of benzene rings is 2. The van der Waals surface area contributed by atoms with Crippen LogP contribution in [0.25, 0.3) is 11.1 Å². The minimum Gasteiger partial charge on any atom is -0.462 e.